The van der Waals surface area contributed by atoms with Crippen LogP contribution in [0.15, 0.2) is 35.2 Å². The maximum atomic E-state index is 10.6. The Hall–Kier alpha value is -1.49. The van der Waals surface area contributed by atoms with Crippen molar-refractivity contribution in [3.63, 3.8) is 0 Å². The highest BCUT2D eigenvalue weighted by Gasteiger charge is 2.12. The topological polar surface area (TPSA) is 69.4 Å². The lowest BCUT2D eigenvalue weighted by atomic mass is 10.3. The number of hydrogen-bond acceptors (Lipinski definition) is 4. The van der Waals surface area contributed by atoms with Crippen molar-refractivity contribution in [2.75, 3.05) is 5.75 Å². The van der Waals surface area contributed by atoms with Gasteiger partial charge in [-0.3, -0.25) is 0 Å². The minimum atomic E-state index is -0.847. The molecule has 0 aliphatic carbocycles. The SMILES string of the molecule is NC(=O)OC(CC=O)CSc1ccccc1. The third kappa shape index (κ3) is 4.84. The lowest BCUT2D eigenvalue weighted by Gasteiger charge is -2.13. The van der Waals surface area contributed by atoms with Gasteiger partial charge in [-0.2, -0.15) is 0 Å². The normalized spacial score (nSPS) is 11.8. The fourth-order valence-electron chi connectivity index (χ4n) is 1.13. The zero-order valence-corrected chi connectivity index (χ0v) is 9.48. The lowest BCUT2D eigenvalue weighted by molar-refractivity contribution is -0.109. The van der Waals surface area contributed by atoms with E-state index in [9.17, 15) is 9.59 Å². The van der Waals surface area contributed by atoms with E-state index < -0.39 is 12.2 Å². The van der Waals surface area contributed by atoms with Gasteiger partial charge in [0.15, 0.2) is 0 Å². The summed E-state index contributed by atoms with van der Waals surface area (Å²) in [7, 11) is 0. The number of carbonyl (C=O) groups excluding carboxylic acids is 2. The molecule has 0 spiro atoms. The van der Waals surface area contributed by atoms with E-state index in [2.05, 4.69) is 0 Å². The fraction of sp³-hybridized carbons (Fsp3) is 0.273. The lowest BCUT2D eigenvalue weighted by Crippen LogP contribution is -2.25. The van der Waals surface area contributed by atoms with Crippen molar-refractivity contribution < 1.29 is 14.3 Å². The summed E-state index contributed by atoms with van der Waals surface area (Å²) in [6.07, 6.45) is -0.414. The number of aldehydes is 1. The molecule has 0 aliphatic rings. The van der Waals surface area contributed by atoms with E-state index in [-0.39, 0.29) is 6.42 Å². The van der Waals surface area contributed by atoms with E-state index in [4.69, 9.17) is 10.5 Å². The molecule has 1 aromatic carbocycles. The Morgan fingerprint density at radius 3 is 2.69 bits per heavy atom. The van der Waals surface area contributed by atoms with Gasteiger partial charge in [0.2, 0.25) is 0 Å². The summed E-state index contributed by atoms with van der Waals surface area (Å²) in [5.41, 5.74) is 4.91. The summed E-state index contributed by atoms with van der Waals surface area (Å²) in [5.74, 6) is 0.520. The summed E-state index contributed by atoms with van der Waals surface area (Å²) in [6.45, 7) is 0. The smallest absolute Gasteiger partial charge is 0.404 e. The van der Waals surface area contributed by atoms with Gasteiger partial charge in [0.1, 0.15) is 12.4 Å². The molecule has 0 saturated carbocycles. The molecule has 16 heavy (non-hydrogen) atoms. The Kier molecular flexibility index (Phi) is 5.42. The number of hydrogen-bond donors (Lipinski definition) is 1. The maximum absolute atomic E-state index is 10.6. The number of nitrogens with two attached hydrogens (primary N) is 1. The first kappa shape index (κ1) is 12.6. The van der Waals surface area contributed by atoms with Crippen LogP contribution in [0.4, 0.5) is 4.79 Å². The first-order chi connectivity index (χ1) is 7.72. The number of benzene rings is 1. The average molecular weight is 239 g/mol. The number of carbonyl (C=O) groups is 2. The van der Waals surface area contributed by atoms with Crippen LogP contribution < -0.4 is 5.73 Å². The largest absolute Gasteiger partial charge is 0.445 e. The molecule has 1 unspecified atom stereocenters. The second-order valence-electron chi connectivity index (χ2n) is 3.09. The van der Waals surface area contributed by atoms with Crippen molar-refractivity contribution in [2.45, 2.75) is 17.4 Å². The van der Waals surface area contributed by atoms with Crippen molar-refractivity contribution in [1.29, 1.82) is 0 Å². The maximum Gasteiger partial charge on any atom is 0.404 e. The Bertz CT molecular complexity index is 342. The predicted molar refractivity (Wildman–Crippen MR) is 62.3 cm³/mol. The standard InChI is InChI=1S/C11H13NO3S/c12-11(14)15-9(6-7-13)8-16-10-4-2-1-3-5-10/h1-5,7,9H,6,8H2,(H2,12,14). The third-order valence-corrected chi connectivity index (χ3v) is 2.96. The van der Waals surface area contributed by atoms with E-state index in [0.29, 0.717) is 5.75 Å². The predicted octanol–water partition coefficient (Wildman–Crippen LogP) is 1.83. The highest BCUT2D eigenvalue weighted by atomic mass is 32.2. The molecule has 1 aromatic rings. The molecule has 0 bridgehead atoms. The summed E-state index contributed by atoms with van der Waals surface area (Å²) in [5, 5.41) is 0. The Balaban J connectivity index is 2.43. The van der Waals surface area contributed by atoms with Gasteiger partial charge in [-0.05, 0) is 12.1 Å². The zero-order valence-electron chi connectivity index (χ0n) is 8.67. The van der Waals surface area contributed by atoms with Crippen LogP contribution in [-0.2, 0) is 9.53 Å². The Labute approximate surface area is 98.2 Å². The number of primary amides is 1. The van der Waals surface area contributed by atoms with Gasteiger partial charge in [-0.25, -0.2) is 4.79 Å². The van der Waals surface area contributed by atoms with Crippen LogP contribution in [0.3, 0.4) is 0 Å². The van der Waals surface area contributed by atoms with Gasteiger partial charge in [-0.15, -0.1) is 11.8 Å². The molecular weight excluding hydrogens is 226 g/mol. The van der Waals surface area contributed by atoms with E-state index >= 15 is 0 Å². The van der Waals surface area contributed by atoms with Crippen molar-refractivity contribution in [1.82, 2.24) is 0 Å². The van der Waals surface area contributed by atoms with Crippen LogP contribution in [0.1, 0.15) is 6.42 Å². The second kappa shape index (κ2) is 6.90. The fourth-order valence-corrected chi connectivity index (χ4v) is 2.06. The highest BCUT2D eigenvalue weighted by Crippen LogP contribution is 2.19. The highest BCUT2D eigenvalue weighted by molar-refractivity contribution is 7.99. The first-order valence-corrected chi connectivity index (χ1v) is 5.78. The van der Waals surface area contributed by atoms with Crippen LogP contribution in [0.25, 0.3) is 0 Å². The minimum Gasteiger partial charge on any atom is -0.445 e. The summed E-state index contributed by atoms with van der Waals surface area (Å²) >= 11 is 1.52. The average Bonchev–Trinajstić information content (AvgIpc) is 2.27. The molecule has 1 amide bonds. The van der Waals surface area contributed by atoms with Crippen LogP contribution in [0.5, 0.6) is 0 Å². The summed E-state index contributed by atoms with van der Waals surface area (Å²) in [6, 6.07) is 9.67. The van der Waals surface area contributed by atoms with Gasteiger partial charge >= 0.3 is 6.09 Å². The van der Waals surface area contributed by atoms with Crippen molar-refractivity contribution >= 4 is 24.1 Å². The third-order valence-electron chi connectivity index (χ3n) is 1.82. The number of ether oxygens (including phenoxy) is 1. The van der Waals surface area contributed by atoms with E-state index in [1.807, 2.05) is 30.3 Å². The molecule has 0 aromatic heterocycles. The molecule has 4 nitrogen and oxygen atoms in total. The minimum absolute atomic E-state index is 0.169. The van der Waals surface area contributed by atoms with E-state index in [1.54, 1.807) is 0 Å². The number of rotatable bonds is 6. The van der Waals surface area contributed by atoms with Crippen LogP contribution in [0, 0.1) is 0 Å². The van der Waals surface area contributed by atoms with Crippen molar-refractivity contribution in [2.24, 2.45) is 5.73 Å². The molecule has 0 radical (unpaired) electrons. The Morgan fingerprint density at radius 1 is 1.44 bits per heavy atom. The molecular formula is C11H13NO3S. The Morgan fingerprint density at radius 2 is 2.12 bits per heavy atom. The van der Waals surface area contributed by atoms with Crippen molar-refractivity contribution in [3.8, 4) is 0 Å². The van der Waals surface area contributed by atoms with Gasteiger partial charge in [0.25, 0.3) is 0 Å². The second-order valence-corrected chi connectivity index (χ2v) is 4.18. The van der Waals surface area contributed by atoms with Crippen molar-refractivity contribution in [3.05, 3.63) is 30.3 Å². The van der Waals surface area contributed by atoms with Gasteiger partial charge in [0, 0.05) is 17.1 Å². The molecule has 0 fully saturated rings. The molecule has 86 valence electrons. The molecule has 0 heterocycles. The van der Waals surface area contributed by atoms with E-state index in [0.717, 1.165) is 11.2 Å². The molecule has 5 heteroatoms. The van der Waals surface area contributed by atoms with Gasteiger partial charge in [-0.1, -0.05) is 18.2 Å². The van der Waals surface area contributed by atoms with Gasteiger partial charge < -0.3 is 15.3 Å². The van der Waals surface area contributed by atoms with Crippen LogP contribution in [0.2, 0.25) is 0 Å². The quantitative estimate of drug-likeness (QED) is 0.607. The zero-order chi connectivity index (χ0) is 11.8. The van der Waals surface area contributed by atoms with Crippen LogP contribution >= 0.6 is 11.8 Å². The molecule has 0 saturated heterocycles. The summed E-state index contributed by atoms with van der Waals surface area (Å²) in [4.78, 5) is 22.0. The monoisotopic (exact) mass is 239 g/mol. The molecule has 0 aliphatic heterocycles. The number of amides is 1. The molecule has 1 rings (SSSR count). The molecule has 1 atom stereocenters. The van der Waals surface area contributed by atoms with E-state index in [1.165, 1.54) is 11.8 Å². The van der Waals surface area contributed by atoms with Gasteiger partial charge in [0.05, 0.1) is 0 Å². The van der Waals surface area contributed by atoms with Crippen LogP contribution in [-0.4, -0.2) is 24.2 Å². The summed E-state index contributed by atoms with van der Waals surface area (Å²) < 4.78 is 4.80. The molecule has 2 N–H and O–H groups in total. The first-order valence-electron chi connectivity index (χ1n) is 4.80. The number of thioether (sulfide) groups is 1.